The van der Waals surface area contributed by atoms with Gasteiger partial charge in [-0.25, -0.2) is 4.57 Å². The van der Waals surface area contributed by atoms with Crippen molar-refractivity contribution in [3.8, 4) is 11.5 Å². The van der Waals surface area contributed by atoms with Crippen molar-refractivity contribution in [2.24, 2.45) is 0 Å². The fraction of sp³-hybridized carbons (Fsp3) is 0.200. The first-order valence-electron chi connectivity index (χ1n) is 6.56. The maximum absolute atomic E-state index is 13.1. The molecule has 2 aromatic carbocycles. The van der Waals surface area contributed by atoms with Crippen LogP contribution in [0.2, 0.25) is 10.0 Å². The Morgan fingerprint density at radius 3 is 1.68 bits per heavy atom. The molecule has 22 heavy (non-hydrogen) atoms. The van der Waals surface area contributed by atoms with Gasteiger partial charge in [-0.1, -0.05) is 61.3 Å². The van der Waals surface area contributed by atoms with Gasteiger partial charge in [0, 0.05) is 5.25 Å². The second-order valence-corrected chi connectivity index (χ2v) is 9.85. The Kier molecular flexibility index (Phi) is 6.10. The zero-order valence-corrected chi connectivity index (χ0v) is 15.3. The highest BCUT2D eigenvalue weighted by Crippen LogP contribution is 2.62. The first-order valence-corrected chi connectivity index (χ1v) is 10.3. The molecule has 0 N–H and O–H groups in total. The van der Waals surface area contributed by atoms with Gasteiger partial charge in [-0.2, -0.15) is 0 Å². The van der Waals surface area contributed by atoms with Crippen LogP contribution in [0.5, 0.6) is 11.5 Å². The standard InChI is InChI=1S/C15H15Cl2O3PS/c1-11(2)22-21(18,19-14-9-5-3-7-12(14)16)20-15-10-6-4-8-13(15)17/h3-11H,1-2H3. The molecule has 0 aliphatic rings. The summed E-state index contributed by atoms with van der Waals surface area (Å²) in [7, 11) is 0. The van der Waals surface area contributed by atoms with E-state index >= 15 is 0 Å². The van der Waals surface area contributed by atoms with Crippen LogP contribution in [0.4, 0.5) is 0 Å². The van der Waals surface area contributed by atoms with Crippen LogP contribution in [0.15, 0.2) is 48.5 Å². The van der Waals surface area contributed by atoms with Crippen LogP contribution in [0, 0.1) is 0 Å². The fourth-order valence-corrected chi connectivity index (χ4v) is 5.78. The summed E-state index contributed by atoms with van der Waals surface area (Å²) in [5, 5.41) is 0.778. The van der Waals surface area contributed by atoms with E-state index in [1.54, 1.807) is 48.5 Å². The molecule has 2 aromatic rings. The Balaban J connectivity index is 2.30. The molecule has 3 nitrogen and oxygen atoms in total. The van der Waals surface area contributed by atoms with Gasteiger partial charge in [0.15, 0.2) is 0 Å². The van der Waals surface area contributed by atoms with Gasteiger partial charge >= 0.3 is 6.80 Å². The van der Waals surface area contributed by atoms with Gasteiger partial charge in [0.25, 0.3) is 0 Å². The zero-order valence-electron chi connectivity index (χ0n) is 12.0. The minimum atomic E-state index is -3.53. The van der Waals surface area contributed by atoms with Crippen LogP contribution < -0.4 is 9.05 Å². The second kappa shape index (κ2) is 7.65. The average molecular weight is 377 g/mol. The molecule has 0 unspecified atom stereocenters. The molecule has 2 rings (SSSR count). The lowest BCUT2D eigenvalue weighted by Crippen LogP contribution is -2.02. The van der Waals surface area contributed by atoms with E-state index in [1.807, 2.05) is 13.8 Å². The van der Waals surface area contributed by atoms with Gasteiger partial charge < -0.3 is 9.05 Å². The summed E-state index contributed by atoms with van der Waals surface area (Å²) in [5.74, 6) is 0.625. The predicted octanol–water partition coefficient (Wildman–Crippen LogP) is 6.70. The molecule has 0 radical (unpaired) electrons. The molecule has 0 saturated heterocycles. The van der Waals surface area contributed by atoms with Gasteiger partial charge in [-0.3, -0.25) is 0 Å². The number of halogens is 2. The molecule has 0 aliphatic carbocycles. The third-order valence-corrected chi connectivity index (χ3v) is 7.07. The van der Waals surface area contributed by atoms with Crippen LogP contribution in [0.25, 0.3) is 0 Å². The number of rotatable bonds is 6. The van der Waals surface area contributed by atoms with Crippen molar-refractivity contribution < 1.29 is 13.6 Å². The molecule has 7 heteroatoms. The van der Waals surface area contributed by atoms with Crippen molar-refractivity contribution in [2.45, 2.75) is 19.1 Å². The fourth-order valence-electron chi connectivity index (χ4n) is 1.60. The van der Waals surface area contributed by atoms with Gasteiger partial charge in [-0.15, -0.1) is 0 Å². The highest BCUT2D eigenvalue weighted by Gasteiger charge is 2.32. The second-order valence-electron chi connectivity index (χ2n) is 4.64. The van der Waals surface area contributed by atoms with Crippen LogP contribution in [0.3, 0.4) is 0 Å². The van der Waals surface area contributed by atoms with Gasteiger partial charge in [0.1, 0.15) is 11.5 Å². The lowest BCUT2D eigenvalue weighted by atomic mass is 10.3. The van der Waals surface area contributed by atoms with Crippen molar-refractivity contribution >= 4 is 41.4 Å². The van der Waals surface area contributed by atoms with Crippen LogP contribution in [-0.4, -0.2) is 5.25 Å². The highest BCUT2D eigenvalue weighted by atomic mass is 35.5. The molecule has 0 aromatic heterocycles. The summed E-state index contributed by atoms with van der Waals surface area (Å²) in [6.45, 7) is 0.287. The molecule has 0 aliphatic heterocycles. The molecule has 0 atom stereocenters. The predicted molar refractivity (Wildman–Crippen MR) is 94.5 cm³/mol. The first-order chi connectivity index (χ1) is 10.4. The topological polar surface area (TPSA) is 35.5 Å². The summed E-state index contributed by atoms with van der Waals surface area (Å²) in [6, 6.07) is 13.7. The van der Waals surface area contributed by atoms with E-state index in [0.717, 1.165) is 11.4 Å². The van der Waals surface area contributed by atoms with Gasteiger partial charge in [0.05, 0.1) is 10.0 Å². The van der Waals surface area contributed by atoms with Crippen molar-refractivity contribution in [1.82, 2.24) is 0 Å². The number of para-hydroxylation sites is 2. The van der Waals surface area contributed by atoms with Crippen molar-refractivity contribution in [3.63, 3.8) is 0 Å². The lowest BCUT2D eigenvalue weighted by Gasteiger charge is -2.21. The minimum Gasteiger partial charge on any atom is -0.407 e. The smallest absolute Gasteiger partial charge is 0.407 e. The molecular formula is C15H15Cl2O3PS. The number of benzene rings is 2. The van der Waals surface area contributed by atoms with E-state index in [4.69, 9.17) is 32.2 Å². The molecule has 0 spiro atoms. The third-order valence-electron chi connectivity index (χ3n) is 2.43. The van der Waals surface area contributed by atoms with E-state index in [1.165, 1.54) is 0 Å². The highest BCUT2D eigenvalue weighted by molar-refractivity contribution is 8.55. The van der Waals surface area contributed by atoms with Crippen molar-refractivity contribution in [3.05, 3.63) is 58.6 Å². The van der Waals surface area contributed by atoms with E-state index in [-0.39, 0.29) is 5.25 Å². The van der Waals surface area contributed by atoms with Crippen molar-refractivity contribution in [2.75, 3.05) is 0 Å². The first kappa shape index (κ1) is 17.6. The number of hydrogen-bond donors (Lipinski definition) is 0. The summed E-state index contributed by atoms with van der Waals surface area (Å²) in [6.07, 6.45) is 0. The van der Waals surface area contributed by atoms with Crippen LogP contribution >= 0.6 is 41.4 Å². The van der Waals surface area contributed by atoms with Gasteiger partial charge in [0.2, 0.25) is 0 Å². The van der Waals surface area contributed by atoms with Gasteiger partial charge in [-0.05, 0) is 35.6 Å². The molecule has 0 amide bonds. The maximum atomic E-state index is 13.1. The Morgan fingerprint density at radius 1 is 0.909 bits per heavy atom. The SMILES string of the molecule is CC(C)SP(=O)(Oc1ccccc1Cl)Oc1ccccc1Cl. The summed E-state index contributed by atoms with van der Waals surface area (Å²) in [4.78, 5) is 0. The molecule has 118 valence electrons. The van der Waals surface area contributed by atoms with Crippen molar-refractivity contribution in [1.29, 1.82) is 0 Å². The normalized spacial score (nSPS) is 11.5. The summed E-state index contributed by atoms with van der Waals surface area (Å²) in [5.41, 5.74) is 0. The molecule has 0 bridgehead atoms. The largest absolute Gasteiger partial charge is 0.493 e. The quantitative estimate of drug-likeness (QED) is 0.525. The minimum absolute atomic E-state index is 0.0378. The molecular weight excluding hydrogens is 362 g/mol. The number of hydrogen-bond acceptors (Lipinski definition) is 4. The molecule has 0 fully saturated rings. The lowest BCUT2D eigenvalue weighted by molar-refractivity contribution is 0.408. The Morgan fingerprint density at radius 2 is 1.32 bits per heavy atom. The van der Waals surface area contributed by atoms with E-state index in [0.29, 0.717) is 21.5 Å². The van der Waals surface area contributed by atoms with E-state index in [2.05, 4.69) is 0 Å². The third kappa shape index (κ3) is 4.85. The molecule has 0 heterocycles. The van der Waals surface area contributed by atoms with E-state index < -0.39 is 6.80 Å². The Bertz CT molecular complexity index is 642. The molecule has 0 saturated carbocycles. The summed E-state index contributed by atoms with van der Waals surface area (Å²) < 4.78 is 24.3. The zero-order chi connectivity index (χ0) is 16.2. The summed E-state index contributed by atoms with van der Waals surface area (Å²) >= 11 is 13.2. The maximum Gasteiger partial charge on any atom is 0.493 e. The average Bonchev–Trinajstić information content (AvgIpc) is 2.43. The Hall–Kier alpha value is -0.800. The Labute approximate surface area is 144 Å². The van der Waals surface area contributed by atoms with E-state index in [9.17, 15) is 4.57 Å². The van der Waals surface area contributed by atoms with Crippen LogP contribution in [-0.2, 0) is 4.57 Å². The van der Waals surface area contributed by atoms with Crippen LogP contribution in [0.1, 0.15) is 13.8 Å². The monoisotopic (exact) mass is 376 g/mol.